The number of aliphatic hydroxyl groups excluding tert-OH is 1. The Kier molecular flexibility index (Phi) is 4.26. The molecule has 0 spiro atoms. The highest BCUT2D eigenvalue weighted by molar-refractivity contribution is 5.52. The van der Waals surface area contributed by atoms with Crippen LogP contribution in [0, 0.1) is 11.8 Å². The molecule has 3 aromatic heterocycles. The molecule has 1 aliphatic carbocycles. The van der Waals surface area contributed by atoms with Crippen molar-refractivity contribution in [2.45, 2.75) is 31.5 Å². The molecule has 1 aliphatic heterocycles. The Balaban J connectivity index is 1.25. The minimum absolute atomic E-state index is 0.0854. The summed E-state index contributed by atoms with van der Waals surface area (Å²) in [7, 11) is 0. The fraction of sp³-hybridized carbons (Fsp3) is 0.450. The zero-order chi connectivity index (χ0) is 18.2. The molecule has 1 N–H and O–H groups in total. The summed E-state index contributed by atoms with van der Waals surface area (Å²) >= 11 is 0. The van der Waals surface area contributed by atoms with Gasteiger partial charge in [0, 0.05) is 37.7 Å². The number of rotatable bonds is 4. The van der Waals surface area contributed by atoms with Gasteiger partial charge in [0.25, 0.3) is 0 Å². The lowest BCUT2D eigenvalue weighted by atomic mass is 9.77. The summed E-state index contributed by atoms with van der Waals surface area (Å²) in [6.45, 7) is 2.76. The van der Waals surface area contributed by atoms with Crippen LogP contribution in [-0.4, -0.2) is 49.1 Å². The highest BCUT2D eigenvalue weighted by Gasteiger charge is 2.42. The summed E-state index contributed by atoms with van der Waals surface area (Å²) in [5.74, 6) is 1.98. The minimum Gasteiger partial charge on any atom is -0.391 e. The summed E-state index contributed by atoms with van der Waals surface area (Å²) in [6.07, 6.45) is 6.97. The molecule has 7 heteroatoms. The van der Waals surface area contributed by atoms with Crippen LogP contribution < -0.4 is 0 Å². The van der Waals surface area contributed by atoms with Crippen molar-refractivity contribution in [2.24, 2.45) is 11.8 Å². The second-order valence-electron chi connectivity index (χ2n) is 7.70. The Labute approximate surface area is 157 Å². The Hall–Kier alpha value is -2.51. The van der Waals surface area contributed by atoms with Gasteiger partial charge in [0.15, 0.2) is 5.76 Å². The van der Waals surface area contributed by atoms with E-state index in [1.807, 2.05) is 41.2 Å². The largest absolute Gasteiger partial charge is 0.391 e. The van der Waals surface area contributed by atoms with E-state index in [4.69, 9.17) is 4.52 Å². The molecule has 7 nitrogen and oxygen atoms in total. The highest BCUT2D eigenvalue weighted by Crippen LogP contribution is 2.41. The number of hydrogen-bond acceptors (Lipinski definition) is 6. The topological polar surface area (TPSA) is 80.2 Å². The smallest absolute Gasteiger partial charge is 0.151 e. The molecule has 140 valence electrons. The van der Waals surface area contributed by atoms with Gasteiger partial charge < -0.3 is 9.63 Å². The molecule has 4 heterocycles. The molecule has 0 radical (unpaired) electrons. The molecule has 3 aromatic rings. The standard InChI is InChI=1S/C20H23N5O2/c26-20-9-15-12-24(11-14(15)8-19(20)25-7-3-6-22-25)13-16-10-18(23-27-16)17-4-1-2-5-21-17/h1-7,10,14-15,19-20,26H,8-9,11-13H2/t14-,15+,19-,20-/m1/s1. The zero-order valence-electron chi connectivity index (χ0n) is 15.1. The van der Waals surface area contributed by atoms with Crippen LogP contribution in [0.5, 0.6) is 0 Å². The molecule has 5 rings (SSSR count). The van der Waals surface area contributed by atoms with E-state index in [1.165, 1.54) is 0 Å². The van der Waals surface area contributed by atoms with E-state index >= 15 is 0 Å². The number of aliphatic hydroxyl groups is 1. The summed E-state index contributed by atoms with van der Waals surface area (Å²) in [5, 5.41) is 19.1. The van der Waals surface area contributed by atoms with Crippen LogP contribution in [-0.2, 0) is 6.54 Å². The van der Waals surface area contributed by atoms with E-state index in [0.29, 0.717) is 11.8 Å². The molecule has 0 bridgehead atoms. The molecule has 4 atom stereocenters. The van der Waals surface area contributed by atoms with Gasteiger partial charge >= 0.3 is 0 Å². The molecule has 2 fully saturated rings. The van der Waals surface area contributed by atoms with Crippen LogP contribution in [0.25, 0.3) is 11.4 Å². The highest BCUT2D eigenvalue weighted by atomic mass is 16.5. The molecule has 0 aromatic carbocycles. The summed E-state index contributed by atoms with van der Waals surface area (Å²) in [5.41, 5.74) is 1.60. The second kappa shape index (κ2) is 6.90. The third-order valence-corrected chi connectivity index (χ3v) is 5.92. The molecular weight excluding hydrogens is 342 g/mol. The van der Waals surface area contributed by atoms with E-state index in [-0.39, 0.29) is 12.1 Å². The van der Waals surface area contributed by atoms with Crippen molar-refractivity contribution in [1.82, 2.24) is 24.8 Å². The molecular formula is C20H23N5O2. The molecule has 0 unspecified atom stereocenters. The van der Waals surface area contributed by atoms with E-state index in [9.17, 15) is 5.11 Å². The minimum atomic E-state index is -0.327. The van der Waals surface area contributed by atoms with Crippen molar-refractivity contribution in [3.63, 3.8) is 0 Å². The van der Waals surface area contributed by atoms with Crippen molar-refractivity contribution in [3.8, 4) is 11.4 Å². The molecule has 27 heavy (non-hydrogen) atoms. The number of hydrogen-bond donors (Lipinski definition) is 1. The average molecular weight is 365 g/mol. The maximum atomic E-state index is 10.6. The fourth-order valence-electron chi connectivity index (χ4n) is 4.64. The van der Waals surface area contributed by atoms with Gasteiger partial charge in [-0.2, -0.15) is 5.10 Å². The van der Waals surface area contributed by atoms with Gasteiger partial charge in [0.1, 0.15) is 5.69 Å². The predicted octanol–water partition coefficient (Wildman–Crippen LogP) is 2.38. The number of nitrogens with zero attached hydrogens (tertiary/aromatic N) is 5. The van der Waals surface area contributed by atoms with Crippen LogP contribution in [0.4, 0.5) is 0 Å². The molecule has 2 aliphatic rings. The predicted molar refractivity (Wildman–Crippen MR) is 98.5 cm³/mol. The fourth-order valence-corrected chi connectivity index (χ4v) is 4.64. The van der Waals surface area contributed by atoms with Gasteiger partial charge in [-0.25, -0.2) is 0 Å². The van der Waals surface area contributed by atoms with Crippen LogP contribution >= 0.6 is 0 Å². The number of pyridine rings is 1. The molecule has 0 amide bonds. The van der Waals surface area contributed by atoms with Crippen LogP contribution in [0.1, 0.15) is 24.6 Å². The maximum Gasteiger partial charge on any atom is 0.151 e. The van der Waals surface area contributed by atoms with Crippen LogP contribution in [0.15, 0.2) is 53.4 Å². The quantitative estimate of drug-likeness (QED) is 0.765. The van der Waals surface area contributed by atoms with Crippen molar-refractivity contribution < 1.29 is 9.63 Å². The van der Waals surface area contributed by atoms with Gasteiger partial charge in [-0.15, -0.1) is 0 Å². The van der Waals surface area contributed by atoms with Crippen molar-refractivity contribution >= 4 is 0 Å². The SMILES string of the molecule is O[C@@H]1C[C@H]2CN(Cc3cc(-c4ccccn4)no3)C[C@H]2C[C@H]1n1cccn1. The van der Waals surface area contributed by atoms with Gasteiger partial charge in [-0.1, -0.05) is 11.2 Å². The first-order valence-electron chi connectivity index (χ1n) is 9.53. The van der Waals surface area contributed by atoms with Crippen molar-refractivity contribution in [2.75, 3.05) is 13.1 Å². The summed E-state index contributed by atoms with van der Waals surface area (Å²) in [4.78, 5) is 6.73. The van der Waals surface area contributed by atoms with E-state index in [2.05, 4.69) is 20.1 Å². The lowest BCUT2D eigenvalue weighted by Gasteiger charge is -2.35. The van der Waals surface area contributed by atoms with Gasteiger partial charge in [0.05, 0.1) is 24.4 Å². The van der Waals surface area contributed by atoms with E-state index in [0.717, 1.165) is 49.6 Å². The van der Waals surface area contributed by atoms with Gasteiger partial charge in [-0.05, 0) is 42.9 Å². The first kappa shape index (κ1) is 16.6. The van der Waals surface area contributed by atoms with Crippen molar-refractivity contribution in [1.29, 1.82) is 0 Å². The zero-order valence-corrected chi connectivity index (χ0v) is 15.1. The maximum absolute atomic E-state index is 10.6. The normalized spacial score (nSPS) is 28.3. The number of fused-ring (bicyclic) bond motifs is 1. The Morgan fingerprint density at radius 3 is 2.74 bits per heavy atom. The summed E-state index contributed by atoms with van der Waals surface area (Å²) in [6, 6.07) is 9.75. The lowest BCUT2D eigenvalue weighted by molar-refractivity contribution is 0.0306. The summed E-state index contributed by atoms with van der Waals surface area (Å²) < 4.78 is 7.46. The van der Waals surface area contributed by atoms with Gasteiger partial charge in [0.2, 0.25) is 0 Å². The van der Waals surface area contributed by atoms with Crippen molar-refractivity contribution in [3.05, 3.63) is 54.7 Å². The second-order valence-corrected chi connectivity index (χ2v) is 7.70. The Morgan fingerprint density at radius 1 is 1.07 bits per heavy atom. The number of aromatic nitrogens is 4. The first-order valence-corrected chi connectivity index (χ1v) is 9.53. The average Bonchev–Trinajstić information content (AvgIpc) is 3.42. The van der Waals surface area contributed by atoms with Crippen LogP contribution in [0.2, 0.25) is 0 Å². The van der Waals surface area contributed by atoms with Gasteiger partial charge in [-0.3, -0.25) is 14.6 Å². The van der Waals surface area contributed by atoms with E-state index < -0.39 is 0 Å². The van der Waals surface area contributed by atoms with Crippen LogP contribution in [0.3, 0.4) is 0 Å². The Bertz CT molecular complexity index is 879. The lowest BCUT2D eigenvalue weighted by Crippen LogP contribution is -2.36. The van der Waals surface area contributed by atoms with E-state index in [1.54, 1.807) is 12.4 Å². The third-order valence-electron chi connectivity index (χ3n) is 5.92. The monoisotopic (exact) mass is 365 g/mol. The molecule has 1 saturated carbocycles. The third kappa shape index (κ3) is 3.28. The molecule has 1 saturated heterocycles. The first-order chi connectivity index (χ1) is 13.3. The Morgan fingerprint density at radius 2 is 1.96 bits per heavy atom. The number of likely N-dealkylation sites (tertiary alicyclic amines) is 1.